The first-order valence-corrected chi connectivity index (χ1v) is 9.04. The highest BCUT2D eigenvalue weighted by molar-refractivity contribution is 5.83. The molecule has 1 aliphatic carbocycles. The van der Waals surface area contributed by atoms with Gasteiger partial charge in [-0.2, -0.15) is 0 Å². The summed E-state index contributed by atoms with van der Waals surface area (Å²) in [5.74, 6) is 1.10. The summed E-state index contributed by atoms with van der Waals surface area (Å²) in [4.78, 5) is 12.1. The molecule has 1 unspecified atom stereocenters. The van der Waals surface area contributed by atoms with Gasteiger partial charge in [0.25, 0.3) is 0 Å². The van der Waals surface area contributed by atoms with Crippen LogP contribution in [0.2, 0.25) is 0 Å². The molecule has 3 aliphatic heterocycles. The second-order valence-corrected chi connectivity index (χ2v) is 8.25. The standard InChI is InChI=1S/C20H24N2O/c1-3-13-11-22(2)9-8-20-16-6-4-5-7-17(16)21-19(20)15(12-23)14(13)10-18(20)22/h4-7,12-14,18H,3,8-11H2,1-2H3/p+1/t13-,14+,18+,20-,22?/m1/s1. The van der Waals surface area contributed by atoms with Gasteiger partial charge in [0.05, 0.1) is 25.6 Å². The Hall–Kier alpha value is -1.61. The number of nitrogens with one attached hydrogen (secondary N) is 1. The Labute approximate surface area is 138 Å². The summed E-state index contributed by atoms with van der Waals surface area (Å²) in [7, 11) is 2.46. The Kier molecular flexibility index (Phi) is 2.56. The van der Waals surface area contributed by atoms with Crippen molar-refractivity contribution in [3.8, 4) is 0 Å². The van der Waals surface area contributed by atoms with E-state index in [9.17, 15) is 4.79 Å². The number of fused-ring (bicyclic) bond motifs is 2. The topological polar surface area (TPSA) is 29.1 Å². The highest BCUT2D eigenvalue weighted by atomic mass is 16.1. The number of quaternary nitrogens is 1. The van der Waals surface area contributed by atoms with Crippen molar-refractivity contribution >= 4 is 12.0 Å². The van der Waals surface area contributed by atoms with Crippen LogP contribution in [0.15, 0.2) is 35.5 Å². The number of carbonyl (C=O) groups is 1. The third kappa shape index (κ3) is 1.43. The molecule has 3 heteroatoms. The second kappa shape index (κ2) is 4.27. The van der Waals surface area contributed by atoms with E-state index in [1.54, 1.807) is 0 Å². The van der Waals surface area contributed by atoms with Gasteiger partial charge in [-0.1, -0.05) is 25.1 Å². The van der Waals surface area contributed by atoms with Crippen LogP contribution in [0.1, 0.15) is 31.7 Å². The largest absolute Gasteiger partial charge is 0.357 e. The van der Waals surface area contributed by atoms with E-state index in [2.05, 4.69) is 43.6 Å². The molecule has 1 aromatic carbocycles. The van der Waals surface area contributed by atoms with Crippen molar-refractivity contribution in [3.05, 3.63) is 41.1 Å². The van der Waals surface area contributed by atoms with Crippen LogP contribution < -0.4 is 5.32 Å². The maximum Gasteiger partial charge on any atom is 0.148 e. The van der Waals surface area contributed by atoms with Crippen molar-refractivity contribution in [2.75, 3.05) is 25.5 Å². The Bertz CT molecular complexity index is 739. The number of hydrogen-bond acceptors (Lipinski definition) is 2. The number of rotatable bonds is 2. The molecule has 2 bridgehead atoms. The number of anilines is 1. The number of allylic oxidation sites excluding steroid dienone is 1. The third-order valence-electron chi connectivity index (χ3n) is 7.49. The molecule has 0 amide bonds. The molecule has 120 valence electrons. The number of aldehydes is 1. The fraction of sp³-hybridized carbons (Fsp3) is 0.550. The van der Waals surface area contributed by atoms with E-state index >= 15 is 0 Å². The molecule has 1 N–H and O–H groups in total. The Balaban J connectivity index is 1.81. The second-order valence-electron chi connectivity index (χ2n) is 8.25. The number of benzene rings is 1. The molecule has 5 atom stereocenters. The quantitative estimate of drug-likeness (QED) is 0.672. The maximum absolute atomic E-state index is 12.1. The van der Waals surface area contributed by atoms with Crippen molar-refractivity contribution in [3.63, 3.8) is 0 Å². The average Bonchev–Trinajstić information content (AvgIpc) is 3.08. The first-order chi connectivity index (χ1) is 11.1. The molecule has 3 nitrogen and oxygen atoms in total. The lowest BCUT2D eigenvalue weighted by Crippen LogP contribution is -2.63. The van der Waals surface area contributed by atoms with Crippen LogP contribution in [0, 0.1) is 11.8 Å². The fourth-order valence-corrected chi connectivity index (χ4v) is 6.48. The van der Waals surface area contributed by atoms with E-state index in [4.69, 9.17) is 0 Å². The molecule has 23 heavy (non-hydrogen) atoms. The lowest BCUT2D eigenvalue weighted by atomic mass is 9.60. The summed E-state index contributed by atoms with van der Waals surface area (Å²) >= 11 is 0. The summed E-state index contributed by atoms with van der Waals surface area (Å²) < 4.78 is 1.20. The SMILES string of the molecule is CC[C@@H]1C[N+]2(C)CC[C@]34C(=C(C=O)[C@H]1C[C@@H]32)Nc1ccccc14. The minimum absolute atomic E-state index is 0.0663. The Morgan fingerprint density at radius 1 is 1.39 bits per heavy atom. The maximum atomic E-state index is 12.1. The van der Waals surface area contributed by atoms with Crippen LogP contribution >= 0.6 is 0 Å². The predicted molar refractivity (Wildman–Crippen MR) is 91.0 cm³/mol. The van der Waals surface area contributed by atoms with Gasteiger partial charge in [0.2, 0.25) is 0 Å². The molecule has 1 spiro atoms. The van der Waals surface area contributed by atoms with Crippen molar-refractivity contribution in [2.45, 2.75) is 37.6 Å². The van der Waals surface area contributed by atoms with E-state index < -0.39 is 0 Å². The monoisotopic (exact) mass is 309 g/mol. The number of likely N-dealkylation sites (N-methyl/N-ethyl adjacent to an activating group) is 1. The van der Waals surface area contributed by atoms with Crippen LogP contribution in [0.25, 0.3) is 0 Å². The van der Waals surface area contributed by atoms with Crippen molar-refractivity contribution < 1.29 is 9.28 Å². The molecule has 0 saturated carbocycles. The van der Waals surface area contributed by atoms with E-state index in [1.165, 1.54) is 60.1 Å². The third-order valence-corrected chi connectivity index (χ3v) is 7.49. The number of carbonyl (C=O) groups excluding carboxylic acids is 1. The van der Waals surface area contributed by atoms with Crippen LogP contribution in [-0.2, 0) is 10.2 Å². The average molecular weight is 309 g/mol. The summed E-state index contributed by atoms with van der Waals surface area (Å²) in [5, 5.41) is 3.68. The summed E-state index contributed by atoms with van der Waals surface area (Å²) in [5.41, 5.74) is 5.08. The highest BCUT2D eigenvalue weighted by Crippen LogP contribution is 2.62. The van der Waals surface area contributed by atoms with E-state index in [1.807, 2.05) is 0 Å². The first-order valence-electron chi connectivity index (χ1n) is 9.04. The van der Waals surface area contributed by atoms with Gasteiger partial charge in [0, 0.05) is 41.6 Å². The van der Waals surface area contributed by atoms with E-state index in [0.29, 0.717) is 17.9 Å². The van der Waals surface area contributed by atoms with Crippen LogP contribution in [0.3, 0.4) is 0 Å². The minimum atomic E-state index is 0.0663. The Morgan fingerprint density at radius 2 is 2.22 bits per heavy atom. The molecule has 2 saturated heterocycles. The fourth-order valence-electron chi connectivity index (χ4n) is 6.48. The van der Waals surface area contributed by atoms with E-state index in [0.717, 1.165) is 5.57 Å². The number of para-hydroxylation sites is 1. The highest BCUT2D eigenvalue weighted by Gasteiger charge is 2.67. The van der Waals surface area contributed by atoms with Crippen LogP contribution in [0.4, 0.5) is 5.69 Å². The molecule has 3 heterocycles. The molecular weight excluding hydrogens is 284 g/mol. The molecule has 0 radical (unpaired) electrons. The van der Waals surface area contributed by atoms with Gasteiger partial charge in [-0.3, -0.25) is 4.79 Å². The molecule has 0 aromatic heterocycles. The normalized spacial score (nSPS) is 43.0. The Morgan fingerprint density at radius 3 is 3.00 bits per heavy atom. The van der Waals surface area contributed by atoms with Gasteiger partial charge in [-0.05, 0) is 18.1 Å². The number of nitrogens with zero attached hydrogens (tertiary/aromatic N) is 1. The molecular formula is C20H25N2O+. The van der Waals surface area contributed by atoms with Gasteiger partial charge in [0.1, 0.15) is 12.3 Å². The van der Waals surface area contributed by atoms with E-state index in [-0.39, 0.29) is 5.41 Å². The molecule has 1 aromatic rings. The lowest BCUT2D eigenvalue weighted by Gasteiger charge is -2.53. The number of hydrogen-bond donors (Lipinski definition) is 1. The zero-order chi connectivity index (χ0) is 15.8. The molecule has 4 aliphatic rings. The van der Waals surface area contributed by atoms with Crippen molar-refractivity contribution in [1.29, 1.82) is 0 Å². The van der Waals surface area contributed by atoms with Crippen molar-refractivity contribution in [2.24, 2.45) is 11.8 Å². The summed E-state index contributed by atoms with van der Waals surface area (Å²) in [6, 6.07) is 9.36. The zero-order valence-electron chi connectivity index (χ0n) is 14.0. The van der Waals surface area contributed by atoms with Crippen LogP contribution in [-0.4, -0.2) is 36.9 Å². The van der Waals surface area contributed by atoms with Crippen LogP contribution in [0.5, 0.6) is 0 Å². The van der Waals surface area contributed by atoms with Crippen molar-refractivity contribution in [1.82, 2.24) is 0 Å². The van der Waals surface area contributed by atoms with Gasteiger partial charge < -0.3 is 9.80 Å². The van der Waals surface area contributed by atoms with Gasteiger partial charge >= 0.3 is 0 Å². The minimum Gasteiger partial charge on any atom is -0.357 e. The molecule has 5 rings (SSSR count). The smallest absolute Gasteiger partial charge is 0.148 e. The lowest BCUT2D eigenvalue weighted by molar-refractivity contribution is -0.933. The summed E-state index contributed by atoms with van der Waals surface area (Å²) in [6.07, 6.45) is 4.71. The van der Waals surface area contributed by atoms with Gasteiger partial charge in [0.15, 0.2) is 0 Å². The summed E-state index contributed by atoms with van der Waals surface area (Å²) in [6.45, 7) is 4.76. The van der Waals surface area contributed by atoms with Gasteiger partial charge in [-0.25, -0.2) is 0 Å². The zero-order valence-corrected chi connectivity index (χ0v) is 14.0. The predicted octanol–water partition coefficient (Wildman–Crippen LogP) is 3.08. The van der Waals surface area contributed by atoms with Gasteiger partial charge in [-0.15, -0.1) is 0 Å². The first kappa shape index (κ1) is 13.8. The number of piperidine rings is 1. The molecule has 2 fully saturated rings.